The molecular weight excluding hydrogens is 538 g/mol. The van der Waals surface area contributed by atoms with E-state index in [0.717, 1.165) is 56.8 Å². The van der Waals surface area contributed by atoms with Gasteiger partial charge in [-0.15, -0.1) is 0 Å². The Hall–Kier alpha value is -3.33. The molecule has 190 valence electrons. The molecule has 0 spiro atoms. The quantitative estimate of drug-likeness (QED) is 0.372. The fourth-order valence-corrected chi connectivity index (χ4v) is 5.59. The molecule has 0 unspecified atom stereocenters. The average molecular weight is 564 g/mol. The van der Waals surface area contributed by atoms with Crippen molar-refractivity contribution in [1.82, 2.24) is 4.90 Å². The Morgan fingerprint density at radius 3 is 2.86 bits per heavy atom. The maximum Gasteiger partial charge on any atom is 0.232 e. The van der Waals surface area contributed by atoms with Crippen LogP contribution in [0.3, 0.4) is 0 Å². The lowest BCUT2D eigenvalue weighted by atomic mass is 9.98. The number of nitrogens with zero attached hydrogens (tertiary/aromatic N) is 1. The summed E-state index contributed by atoms with van der Waals surface area (Å²) in [6.07, 6.45) is 2.58. The number of benzene rings is 3. The minimum absolute atomic E-state index is 0.137. The van der Waals surface area contributed by atoms with Crippen LogP contribution >= 0.6 is 15.9 Å². The third-order valence-electron chi connectivity index (χ3n) is 6.87. The number of allylic oxidation sites excluding steroid dienone is 1. The van der Waals surface area contributed by atoms with Gasteiger partial charge < -0.3 is 23.7 Å². The first-order valence-electron chi connectivity index (χ1n) is 12.1. The number of hydrogen-bond acceptors (Lipinski definition) is 7. The summed E-state index contributed by atoms with van der Waals surface area (Å²) in [6.45, 7) is 4.43. The lowest BCUT2D eigenvalue weighted by Gasteiger charge is -2.30. The van der Waals surface area contributed by atoms with Crippen molar-refractivity contribution in [2.24, 2.45) is 0 Å². The maximum atomic E-state index is 13.5. The van der Waals surface area contributed by atoms with Crippen LogP contribution < -0.4 is 18.9 Å². The summed E-state index contributed by atoms with van der Waals surface area (Å²) in [5.74, 6) is 3.07. The summed E-state index contributed by atoms with van der Waals surface area (Å²) >= 11 is 3.55. The molecule has 7 nitrogen and oxygen atoms in total. The third kappa shape index (κ3) is 4.50. The molecule has 0 fully saturated rings. The number of carbonyl (C=O) groups excluding carboxylic acids is 1. The van der Waals surface area contributed by atoms with Crippen molar-refractivity contribution in [2.45, 2.75) is 26.5 Å². The Kier molecular flexibility index (Phi) is 6.40. The van der Waals surface area contributed by atoms with Gasteiger partial charge in [-0.2, -0.15) is 0 Å². The SMILES string of the molecule is COc1ccccc1CCN1COc2cc(C)c3c(c2C1)O/C(=C\c1cc(Br)cc2c1OCOC2)C3=O. The molecule has 0 N–H and O–H groups in total. The van der Waals surface area contributed by atoms with E-state index in [1.165, 1.54) is 0 Å². The van der Waals surface area contributed by atoms with Crippen LogP contribution in [0.1, 0.15) is 38.2 Å². The highest BCUT2D eigenvalue weighted by Crippen LogP contribution is 2.45. The summed E-state index contributed by atoms with van der Waals surface area (Å²) < 4.78 is 29.9. The van der Waals surface area contributed by atoms with Crippen LogP contribution in [0.5, 0.6) is 23.0 Å². The Morgan fingerprint density at radius 1 is 1.14 bits per heavy atom. The van der Waals surface area contributed by atoms with Crippen molar-refractivity contribution in [3.05, 3.63) is 86.1 Å². The molecule has 3 aromatic carbocycles. The van der Waals surface area contributed by atoms with E-state index < -0.39 is 0 Å². The van der Waals surface area contributed by atoms with E-state index in [1.807, 2.05) is 43.3 Å². The molecule has 0 bridgehead atoms. The van der Waals surface area contributed by atoms with Gasteiger partial charge in [0.1, 0.15) is 29.7 Å². The molecule has 3 aliphatic heterocycles. The number of methoxy groups -OCH3 is 1. The molecule has 8 heteroatoms. The fraction of sp³-hybridized carbons (Fsp3) is 0.276. The number of para-hydroxylation sites is 1. The molecule has 0 atom stereocenters. The first kappa shape index (κ1) is 24.0. The first-order valence-corrected chi connectivity index (χ1v) is 12.9. The summed E-state index contributed by atoms with van der Waals surface area (Å²) in [7, 11) is 1.69. The Labute approximate surface area is 223 Å². The molecule has 3 aromatic rings. The molecule has 0 aliphatic carbocycles. The zero-order chi connectivity index (χ0) is 25.5. The number of halogens is 1. The third-order valence-corrected chi connectivity index (χ3v) is 7.33. The molecule has 0 amide bonds. The number of hydrogen-bond donors (Lipinski definition) is 0. The van der Waals surface area contributed by atoms with Gasteiger partial charge in [0.25, 0.3) is 0 Å². The van der Waals surface area contributed by atoms with Gasteiger partial charge in [-0.3, -0.25) is 9.69 Å². The lowest BCUT2D eigenvalue weighted by molar-refractivity contribution is -0.0165. The topological polar surface area (TPSA) is 66.5 Å². The standard InChI is InChI=1S/C29H26BrNO6/c1-17-9-24-22(13-31(15-35-24)8-7-18-5-3-4-6-23(18)33-2)29-26(17)27(32)25(37-29)12-19-10-21(30)11-20-14-34-16-36-28(19)20/h3-6,9-12H,7-8,13-16H2,1-2H3/b25-12-. The largest absolute Gasteiger partial charge is 0.496 e. The van der Waals surface area contributed by atoms with Crippen LogP contribution in [0.4, 0.5) is 0 Å². The van der Waals surface area contributed by atoms with Gasteiger partial charge in [0.2, 0.25) is 5.78 Å². The Morgan fingerprint density at radius 2 is 2.00 bits per heavy atom. The monoisotopic (exact) mass is 563 g/mol. The normalized spacial score (nSPS) is 17.4. The average Bonchev–Trinajstić information content (AvgIpc) is 3.24. The van der Waals surface area contributed by atoms with Gasteiger partial charge in [0.15, 0.2) is 12.6 Å². The minimum Gasteiger partial charge on any atom is -0.496 e. The lowest BCUT2D eigenvalue weighted by Crippen LogP contribution is -2.34. The predicted molar refractivity (Wildman–Crippen MR) is 141 cm³/mol. The van der Waals surface area contributed by atoms with E-state index in [4.69, 9.17) is 23.7 Å². The molecule has 3 aliphatic rings. The van der Waals surface area contributed by atoms with Crippen molar-refractivity contribution in [3.8, 4) is 23.0 Å². The van der Waals surface area contributed by atoms with Crippen molar-refractivity contribution in [2.75, 3.05) is 27.2 Å². The number of fused-ring (bicyclic) bond motifs is 4. The molecule has 0 saturated heterocycles. The second-order valence-electron chi connectivity index (χ2n) is 9.30. The van der Waals surface area contributed by atoms with Crippen molar-refractivity contribution in [1.29, 1.82) is 0 Å². The van der Waals surface area contributed by atoms with E-state index in [2.05, 4.69) is 26.9 Å². The second kappa shape index (κ2) is 9.85. The second-order valence-corrected chi connectivity index (χ2v) is 10.2. The van der Waals surface area contributed by atoms with Gasteiger partial charge in [0.05, 0.1) is 24.8 Å². The number of ketones is 1. The van der Waals surface area contributed by atoms with Gasteiger partial charge in [-0.1, -0.05) is 34.1 Å². The van der Waals surface area contributed by atoms with Crippen LogP contribution in [0.2, 0.25) is 0 Å². The van der Waals surface area contributed by atoms with E-state index in [1.54, 1.807) is 13.2 Å². The van der Waals surface area contributed by atoms with Gasteiger partial charge >= 0.3 is 0 Å². The highest BCUT2D eigenvalue weighted by Gasteiger charge is 2.35. The molecular formula is C29H26BrNO6. The van der Waals surface area contributed by atoms with Crippen molar-refractivity contribution in [3.63, 3.8) is 0 Å². The van der Waals surface area contributed by atoms with E-state index >= 15 is 0 Å². The number of rotatable bonds is 5. The molecule has 0 radical (unpaired) electrons. The smallest absolute Gasteiger partial charge is 0.232 e. The zero-order valence-corrected chi connectivity index (χ0v) is 22.2. The first-order chi connectivity index (χ1) is 18.0. The van der Waals surface area contributed by atoms with Gasteiger partial charge in [0, 0.05) is 28.7 Å². The van der Waals surface area contributed by atoms with Crippen LogP contribution in [-0.4, -0.2) is 37.9 Å². The van der Waals surface area contributed by atoms with E-state index in [9.17, 15) is 4.79 Å². The number of ether oxygens (including phenoxy) is 5. The number of carbonyl (C=O) groups is 1. The molecule has 0 saturated carbocycles. The Balaban J connectivity index is 1.28. The van der Waals surface area contributed by atoms with Crippen molar-refractivity contribution >= 4 is 27.8 Å². The Bertz CT molecular complexity index is 1430. The molecule has 3 heterocycles. The van der Waals surface area contributed by atoms with E-state index in [-0.39, 0.29) is 18.3 Å². The summed E-state index contributed by atoms with van der Waals surface area (Å²) in [5.41, 5.74) is 5.16. The maximum absolute atomic E-state index is 13.5. The van der Waals surface area contributed by atoms with Crippen LogP contribution in [-0.2, 0) is 24.3 Å². The molecule has 37 heavy (non-hydrogen) atoms. The van der Waals surface area contributed by atoms with Crippen LogP contribution in [0.15, 0.2) is 52.7 Å². The number of aryl methyl sites for hydroxylation is 1. The number of Topliss-reactive ketones (excluding diaryl/α,β-unsaturated/α-hetero) is 1. The summed E-state index contributed by atoms with van der Waals surface area (Å²) in [4.78, 5) is 15.7. The van der Waals surface area contributed by atoms with Crippen LogP contribution in [0, 0.1) is 6.92 Å². The zero-order valence-electron chi connectivity index (χ0n) is 20.6. The van der Waals surface area contributed by atoms with Crippen molar-refractivity contribution < 1.29 is 28.5 Å². The fourth-order valence-electron chi connectivity index (χ4n) is 5.06. The molecule has 0 aromatic heterocycles. The summed E-state index contributed by atoms with van der Waals surface area (Å²) in [5, 5.41) is 0. The van der Waals surface area contributed by atoms with E-state index in [0.29, 0.717) is 36.9 Å². The highest BCUT2D eigenvalue weighted by atomic mass is 79.9. The van der Waals surface area contributed by atoms with Crippen LogP contribution in [0.25, 0.3) is 6.08 Å². The molecule has 6 rings (SSSR count). The van der Waals surface area contributed by atoms with Gasteiger partial charge in [-0.25, -0.2) is 0 Å². The predicted octanol–water partition coefficient (Wildman–Crippen LogP) is 5.64. The van der Waals surface area contributed by atoms with Gasteiger partial charge in [-0.05, 0) is 54.8 Å². The highest BCUT2D eigenvalue weighted by molar-refractivity contribution is 9.10. The summed E-state index contributed by atoms with van der Waals surface area (Å²) in [6, 6.07) is 13.9. The minimum atomic E-state index is -0.137.